The molecular weight excluding hydrogens is 299 g/mol. The van der Waals surface area contributed by atoms with Crippen LogP contribution in [0, 0.1) is 5.41 Å². The third-order valence-corrected chi connectivity index (χ3v) is 4.66. The van der Waals surface area contributed by atoms with Gasteiger partial charge in [0, 0.05) is 31.5 Å². The number of alkyl halides is 3. The van der Waals surface area contributed by atoms with Crippen LogP contribution in [-0.4, -0.2) is 54.0 Å². The average molecular weight is 323 g/mol. The molecule has 0 aromatic heterocycles. The van der Waals surface area contributed by atoms with Crippen molar-refractivity contribution in [3.63, 3.8) is 0 Å². The molecule has 2 atom stereocenters. The van der Waals surface area contributed by atoms with Gasteiger partial charge >= 0.3 is 6.18 Å². The molecular formula is C15H24F3NO3. The van der Waals surface area contributed by atoms with E-state index in [1.54, 1.807) is 6.92 Å². The summed E-state index contributed by atoms with van der Waals surface area (Å²) in [6.45, 7) is 1.93. The lowest BCUT2D eigenvalue weighted by molar-refractivity contribution is -0.185. The number of hydrogen-bond donors (Lipinski definition) is 1. The number of aliphatic hydroxyl groups excluding tert-OH is 1. The van der Waals surface area contributed by atoms with Crippen LogP contribution in [0.25, 0.3) is 0 Å². The molecule has 2 aliphatic rings. The van der Waals surface area contributed by atoms with Crippen molar-refractivity contribution in [1.29, 1.82) is 0 Å². The Kier molecular flexibility index (Phi) is 5.37. The lowest BCUT2D eigenvalue weighted by atomic mass is 9.83. The molecule has 0 aromatic rings. The number of carbonyl (C=O) groups excluding carboxylic acids is 1. The fourth-order valence-corrected chi connectivity index (χ4v) is 3.57. The van der Waals surface area contributed by atoms with Gasteiger partial charge in [0.05, 0.1) is 18.6 Å². The minimum Gasteiger partial charge on any atom is -0.396 e. The van der Waals surface area contributed by atoms with Gasteiger partial charge in [-0.25, -0.2) is 0 Å². The normalized spacial score (nSPS) is 28.9. The van der Waals surface area contributed by atoms with Crippen LogP contribution in [0.5, 0.6) is 0 Å². The molecule has 0 bridgehead atoms. The van der Waals surface area contributed by atoms with Crippen LogP contribution in [0.15, 0.2) is 0 Å². The number of morpholine rings is 1. The van der Waals surface area contributed by atoms with Crippen LogP contribution in [0.4, 0.5) is 13.2 Å². The fraction of sp³-hybridized carbons (Fsp3) is 0.933. The predicted molar refractivity (Wildman–Crippen MR) is 74.2 cm³/mol. The third-order valence-electron chi connectivity index (χ3n) is 4.66. The summed E-state index contributed by atoms with van der Waals surface area (Å²) in [6.07, 6.45) is -2.92. The first kappa shape index (κ1) is 17.5. The summed E-state index contributed by atoms with van der Waals surface area (Å²) in [7, 11) is 0. The first-order valence-corrected chi connectivity index (χ1v) is 7.84. The second kappa shape index (κ2) is 6.74. The zero-order chi connectivity index (χ0) is 16.4. The molecule has 2 fully saturated rings. The monoisotopic (exact) mass is 323 g/mol. The maximum atomic E-state index is 12.5. The number of carbonyl (C=O) groups is 1. The van der Waals surface area contributed by atoms with E-state index < -0.39 is 24.8 Å². The second-order valence-electron chi connectivity index (χ2n) is 6.73. The molecule has 1 saturated carbocycles. The van der Waals surface area contributed by atoms with Crippen LogP contribution in [-0.2, 0) is 9.53 Å². The number of rotatable bonds is 4. The molecule has 2 unspecified atom stereocenters. The van der Waals surface area contributed by atoms with E-state index in [1.165, 1.54) is 4.90 Å². The molecule has 4 nitrogen and oxygen atoms in total. The Bertz CT molecular complexity index is 394. The Morgan fingerprint density at radius 3 is 2.50 bits per heavy atom. The summed E-state index contributed by atoms with van der Waals surface area (Å²) in [4.78, 5) is 13.9. The van der Waals surface area contributed by atoms with Gasteiger partial charge in [-0.3, -0.25) is 4.79 Å². The minimum atomic E-state index is -4.30. The molecule has 1 saturated heterocycles. The number of amides is 1. The Morgan fingerprint density at radius 2 is 1.95 bits per heavy atom. The molecule has 0 spiro atoms. The molecule has 1 heterocycles. The van der Waals surface area contributed by atoms with Crippen LogP contribution in [0.2, 0.25) is 0 Å². The first-order valence-electron chi connectivity index (χ1n) is 7.84. The maximum Gasteiger partial charge on any atom is 0.391 e. The lowest BCUT2D eigenvalue weighted by Gasteiger charge is -2.38. The van der Waals surface area contributed by atoms with Gasteiger partial charge in [-0.1, -0.05) is 12.8 Å². The van der Waals surface area contributed by atoms with Crippen molar-refractivity contribution in [3.8, 4) is 0 Å². The molecule has 7 heteroatoms. The van der Waals surface area contributed by atoms with E-state index in [4.69, 9.17) is 4.74 Å². The van der Waals surface area contributed by atoms with Crippen molar-refractivity contribution >= 4 is 5.91 Å². The highest BCUT2D eigenvalue weighted by Crippen LogP contribution is 2.41. The van der Waals surface area contributed by atoms with Crippen LogP contribution >= 0.6 is 0 Å². The van der Waals surface area contributed by atoms with Crippen LogP contribution in [0.1, 0.15) is 45.4 Å². The Labute approximate surface area is 128 Å². The highest BCUT2D eigenvalue weighted by atomic mass is 19.4. The molecule has 128 valence electrons. The number of hydrogen-bond acceptors (Lipinski definition) is 3. The standard InChI is InChI=1S/C15H24F3NO3/c1-11-8-19(9-12(22-11)6-15(16,17)18)13(21)7-14(10-20)4-2-3-5-14/h11-12,20H,2-10H2,1H3. The van der Waals surface area contributed by atoms with Crippen molar-refractivity contribution in [2.75, 3.05) is 19.7 Å². The molecule has 1 aliphatic carbocycles. The highest BCUT2D eigenvalue weighted by molar-refractivity contribution is 5.77. The van der Waals surface area contributed by atoms with Crippen molar-refractivity contribution in [3.05, 3.63) is 0 Å². The van der Waals surface area contributed by atoms with Gasteiger partial charge in [-0.05, 0) is 19.8 Å². The summed E-state index contributed by atoms with van der Waals surface area (Å²) < 4.78 is 42.9. The number of aliphatic hydroxyl groups is 1. The van der Waals surface area contributed by atoms with Crippen LogP contribution in [0.3, 0.4) is 0 Å². The highest BCUT2D eigenvalue weighted by Gasteiger charge is 2.40. The van der Waals surface area contributed by atoms with Gasteiger partial charge in [-0.2, -0.15) is 13.2 Å². The predicted octanol–water partition coefficient (Wildman–Crippen LogP) is 2.50. The summed E-state index contributed by atoms with van der Waals surface area (Å²) in [5, 5.41) is 9.58. The Hall–Kier alpha value is -0.820. The summed E-state index contributed by atoms with van der Waals surface area (Å²) in [5.74, 6) is -0.168. The lowest BCUT2D eigenvalue weighted by Crippen LogP contribution is -2.51. The summed E-state index contributed by atoms with van der Waals surface area (Å²) >= 11 is 0. The zero-order valence-corrected chi connectivity index (χ0v) is 12.9. The third kappa shape index (κ3) is 4.59. The van der Waals surface area contributed by atoms with Crippen molar-refractivity contribution in [2.24, 2.45) is 5.41 Å². The maximum absolute atomic E-state index is 12.5. The van der Waals surface area contributed by atoms with Gasteiger partial charge in [0.2, 0.25) is 5.91 Å². The molecule has 22 heavy (non-hydrogen) atoms. The van der Waals surface area contributed by atoms with Gasteiger partial charge in [0.15, 0.2) is 0 Å². The van der Waals surface area contributed by atoms with E-state index in [0.29, 0.717) is 6.54 Å². The van der Waals surface area contributed by atoms with Crippen molar-refractivity contribution in [1.82, 2.24) is 4.90 Å². The zero-order valence-electron chi connectivity index (χ0n) is 12.9. The van der Waals surface area contributed by atoms with E-state index in [9.17, 15) is 23.1 Å². The first-order chi connectivity index (χ1) is 10.2. The molecule has 1 aliphatic heterocycles. The van der Waals surface area contributed by atoms with Crippen LogP contribution < -0.4 is 0 Å². The van der Waals surface area contributed by atoms with E-state index in [1.807, 2.05) is 0 Å². The smallest absolute Gasteiger partial charge is 0.391 e. The minimum absolute atomic E-state index is 0.0236. The number of halogens is 3. The van der Waals surface area contributed by atoms with Crippen molar-refractivity contribution in [2.45, 2.75) is 63.8 Å². The van der Waals surface area contributed by atoms with E-state index in [0.717, 1.165) is 25.7 Å². The van der Waals surface area contributed by atoms with Crippen molar-refractivity contribution < 1.29 is 27.8 Å². The molecule has 0 radical (unpaired) electrons. The Balaban J connectivity index is 1.96. The summed E-state index contributed by atoms with van der Waals surface area (Å²) in [5.41, 5.74) is -0.377. The van der Waals surface area contributed by atoms with Gasteiger partial charge in [0.1, 0.15) is 0 Å². The molecule has 1 N–H and O–H groups in total. The van der Waals surface area contributed by atoms with E-state index in [-0.39, 0.29) is 30.9 Å². The van der Waals surface area contributed by atoms with Gasteiger partial charge < -0.3 is 14.7 Å². The van der Waals surface area contributed by atoms with Gasteiger partial charge in [-0.15, -0.1) is 0 Å². The second-order valence-corrected chi connectivity index (χ2v) is 6.73. The summed E-state index contributed by atoms with van der Waals surface area (Å²) in [6, 6.07) is 0. The van der Waals surface area contributed by atoms with Gasteiger partial charge in [0.25, 0.3) is 0 Å². The SMILES string of the molecule is CC1CN(C(=O)CC2(CO)CCCC2)CC(CC(F)(F)F)O1. The topological polar surface area (TPSA) is 49.8 Å². The fourth-order valence-electron chi connectivity index (χ4n) is 3.57. The number of ether oxygens (including phenoxy) is 1. The molecule has 2 rings (SSSR count). The molecule has 0 aromatic carbocycles. The average Bonchev–Trinajstić information content (AvgIpc) is 2.85. The quantitative estimate of drug-likeness (QED) is 0.865. The number of nitrogens with zero attached hydrogens (tertiary/aromatic N) is 1. The van der Waals surface area contributed by atoms with E-state index >= 15 is 0 Å². The largest absolute Gasteiger partial charge is 0.396 e. The van der Waals surface area contributed by atoms with E-state index in [2.05, 4.69) is 0 Å². The molecule has 1 amide bonds. The Morgan fingerprint density at radius 1 is 1.32 bits per heavy atom.